The second-order valence-corrected chi connectivity index (χ2v) is 16.0. The number of carbonyl (C=O) groups is 4. The van der Waals surface area contributed by atoms with E-state index in [1.54, 1.807) is 11.8 Å². The molecule has 0 saturated carbocycles. The van der Waals surface area contributed by atoms with Gasteiger partial charge >= 0.3 is 12.2 Å². The summed E-state index contributed by atoms with van der Waals surface area (Å²) in [5.74, 6) is 1.14. The highest BCUT2D eigenvalue weighted by atomic mass is 16.5. The summed E-state index contributed by atoms with van der Waals surface area (Å²) in [6.07, 6.45) is 5.47. The highest BCUT2D eigenvalue weighted by molar-refractivity contribution is 5.91. The molecule has 9 rings (SSSR count). The van der Waals surface area contributed by atoms with Gasteiger partial charge in [0.1, 0.15) is 23.7 Å². The van der Waals surface area contributed by atoms with Gasteiger partial charge in [-0.3, -0.25) is 9.59 Å². The normalized spacial score (nSPS) is 18.0. The predicted molar refractivity (Wildman–Crippen MR) is 229 cm³/mol. The predicted octanol–water partition coefficient (Wildman–Crippen LogP) is 7.55. The van der Waals surface area contributed by atoms with Gasteiger partial charge in [-0.2, -0.15) is 0 Å². The third-order valence-corrected chi connectivity index (χ3v) is 12.3. The Hall–Kier alpha value is -6.96. The van der Waals surface area contributed by atoms with Gasteiger partial charge in [-0.15, -0.1) is 0 Å². The monoisotopic (exact) mass is 820 g/mol. The number of methoxy groups -OCH3 is 2. The molecule has 2 aromatic heterocycles. The Labute approximate surface area is 353 Å². The number of H-pyrrole nitrogens is 2. The molecule has 4 heterocycles. The number of aromatic amines is 2. The van der Waals surface area contributed by atoms with Crippen molar-refractivity contribution in [2.75, 3.05) is 27.3 Å². The Morgan fingerprint density at radius 2 is 1.36 bits per heavy atom. The van der Waals surface area contributed by atoms with Crippen molar-refractivity contribution in [1.29, 1.82) is 0 Å². The van der Waals surface area contributed by atoms with Crippen molar-refractivity contribution >= 4 is 34.8 Å². The molecule has 0 radical (unpaired) electrons. The molecular formula is C47H48N8O6. The van der Waals surface area contributed by atoms with Crippen LogP contribution in [0.2, 0.25) is 0 Å². The standard InChI is InChI=1S/C47H48N8O6/c1-27(49-46(58)60-2)44(56)54-21-8-12-39(54)43-50-36-20-18-33-24-32(17-19-35(33)41(36)52-43)29-13-14-31-25-34(16-15-30(31)23-29)37-26-48-42(51-37)38-11-7-22-55(38)45(57)40(53-47(59)61-3)28-9-5-4-6-10-28/h4-6,9-10,13-17,19,23-27,38-40H,7-8,11-12,18,20-22H2,1-3H3,(H,48,51)(H,49,58)(H,50,52)(H,53,59)/t27-,38-,39-,40+/m0/s1. The van der Waals surface area contributed by atoms with E-state index in [0.29, 0.717) is 24.5 Å². The summed E-state index contributed by atoms with van der Waals surface area (Å²) in [6, 6.07) is 26.7. The Morgan fingerprint density at radius 1 is 0.721 bits per heavy atom. The average Bonchev–Trinajstić information content (AvgIpc) is 4.14. The van der Waals surface area contributed by atoms with Crippen molar-refractivity contribution < 1.29 is 28.7 Å². The van der Waals surface area contributed by atoms with E-state index in [2.05, 4.69) is 75.2 Å². The first-order valence-corrected chi connectivity index (χ1v) is 20.9. The van der Waals surface area contributed by atoms with Gasteiger partial charge in [0.05, 0.1) is 43.9 Å². The molecule has 6 aromatic rings. The Morgan fingerprint density at radius 3 is 2.10 bits per heavy atom. The number of rotatable bonds is 9. The molecule has 14 heteroatoms. The van der Waals surface area contributed by atoms with E-state index < -0.39 is 24.3 Å². The van der Waals surface area contributed by atoms with E-state index in [1.165, 1.54) is 19.8 Å². The van der Waals surface area contributed by atoms with Crippen molar-refractivity contribution in [2.24, 2.45) is 0 Å². The van der Waals surface area contributed by atoms with Gasteiger partial charge < -0.3 is 39.9 Å². The SMILES string of the molecule is COC(=O)N[C@@H](C)C(=O)N1CCC[C@H]1c1nc2c([nH]1)CCc1cc(-c3ccc4cc(-c5cnc([C@@H]6CCCN6C(=O)[C@H](NC(=O)OC)c6ccccc6)[nH]5)ccc4c3)ccc1-2. The fourth-order valence-electron chi connectivity index (χ4n) is 9.16. The van der Waals surface area contributed by atoms with Crippen LogP contribution in [0, 0.1) is 0 Å². The van der Waals surface area contributed by atoms with Crippen LogP contribution in [0.1, 0.15) is 79.2 Å². The van der Waals surface area contributed by atoms with Gasteiger partial charge in [-0.05, 0) is 90.6 Å². The van der Waals surface area contributed by atoms with Gasteiger partial charge in [0.2, 0.25) is 5.91 Å². The molecule has 312 valence electrons. The molecule has 0 unspecified atom stereocenters. The zero-order valence-electron chi connectivity index (χ0n) is 34.4. The molecule has 4 amide bonds. The summed E-state index contributed by atoms with van der Waals surface area (Å²) >= 11 is 0. The quantitative estimate of drug-likeness (QED) is 0.116. The van der Waals surface area contributed by atoms with Crippen LogP contribution in [-0.4, -0.2) is 87.1 Å². The van der Waals surface area contributed by atoms with E-state index in [0.717, 1.165) is 94.5 Å². The molecular weight excluding hydrogens is 773 g/mol. The molecule has 14 nitrogen and oxygen atoms in total. The molecule has 4 atom stereocenters. The molecule has 0 spiro atoms. The van der Waals surface area contributed by atoms with Crippen LogP contribution in [0.15, 0.2) is 91.1 Å². The van der Waals surface area contributed by atoms with E-state index >= 15 is 0 Å². The number of hydrogen-bond donors (Lipinski definition) is 4. The Kier molecular flexibility index (Phi) is 10.7. The number of ether oxygens (including phenoxy) is 2. The number of alkyl carbamates (subject to hydrolysis) is 2. The number of imidazole rings is 2. The largest absolute Gasteiger partial charge is 0.453 e. The van der Waals surface area contributed by atoms with E-state index in [1.807, 2.05) is 41.4 Å². The lowest BCUT2D eigenvalue weighted by molar-refractivity contribution is -0.135. The van der Waals surface area contributed by atoms with Crippen LogP contribution in [0.25, 0.3) is 44.4 Å². The van der Waals surface area contributed by atoms with Crippen LogP contribution in [0.5, 0.6) is 0 Å². The van der Waals surface area contributed by atoms with Gasteiger partial charge in [0.25, 0.3) is 5.91 Å². The molecule has 2 saturated heterocycles. The molecule has 2 aliphatic heterocycles. The second kappa shape index (κ2) is 16.6. The lowest BCUT2D eigenvalue weighted by Crippen LogP contribution is -2.46. The molecule has 4 N–H and O–H groups in total. The van der Waals surface area contributed by atoms with Gasteiger partial charge in [0.15, 0.2) is 0 Å². The first-order valence-electron chi connectivity index (χ1n) is 20.9. The smallest absolute Gasteiger partial charge is 0.407 e. The number of hydrogen-bond acceptors (Lipinski definition) is 8. The number of amides is 4. The summed E-state index contributed by atoms with van der Waals surface area (Å²) < 4.78 is 9.54. The number of fused-ring (bicyclic) bond motifs is 4. The van der Waals surface area contributed by atoms with Crippen molar-refractivity contribution in [3.05, 3.63) is 120 Å². The maximum Gasteiger partial charge on any atom is 0.407 e. The van der Waals surface area contributed by atoms with Crippen LogP contribution in [-0.2, 0) is 31.9 Å². The maximum atomic E-state index is 14.0. The minimum Gasteiger partial charge on any atom is -0.453 e. The molecule has 2 fully saturated rings. The number of benzene rings is 4. The highest BCUT2D eigenvalue weighted by Gasteiger charge is 2.38. The lowest BCUT2D eigenvalue weighted by atomic mass is 9.89. The zero-order valence-corrected chi connectivity index (χ0v) is 34.4. The number of aromatic nitrogens is 4. The number of aryl methyl sites for hydroxylation is 2. The van der Waals surface area contributed by atoms with Crippen molar-refractivity contribution in [3.63, 3.8) is 0 Å². The van der Waals surface area contributed by atoms with E-state index in [-0.39, 0.29) is 23.9 Å². The van der Waals surface area contributed by atoms with Crippen molar-refractivity contribution in [3.8, 4) is 33.6 Å². The average molecular weight is 821 g/mol. The molecule has 61 heavy (non-hydrogen) atoms. The summed E-state index contributed by atoms with van der Waals surface area (Å²) in [5, 5.41) is 7.53. The summed E-state index contributed by atoms with van der Waals surface area (Å²) in [6.45, 7) is 2.84. The third kappa shape index (κ3) is 7.69. The van der Waals surface area contributed by atoms with Crippen molar-refractivity contribution in [1.82, 2.24) is 40.4 Å². The fourth-order valence-corrected chi connectivity index (χ4v) is 9.16. The zero-order chi connectivity index (χ0) is 42.2. The van der Waals surface area contributed by atoms with Crippen molar-refractivity contribution in [2.45, 2.75) is 69.6 Å². The topological polar surface area (TPSA) is 175 Å². The minimum atomic E-state index is -0.879. The number of carbonyl (C=O) groups excluding carboxylic acids is 4. The fraction of sp³-hybridized carbons (Fsp3) is 0.319. The molecule has 3 aliphatic rings. The maximum absolute atomic E-state index is 14.0. The second-order valence-electron chi connectivity index (χ2n) is 16.0. The Balaban J connectivity index is 0.905. The van der Waals surface area contributed by atoms with Gasteiger partial charge in [-0.25, -0.2) is 19.6 Å². The number of nitrogens with zero attached hydrogens (tertiary/aromatic N) is 4. The third-order valence-electron chi connectivity index (χ3n) is 12.3. The first-order chi connectivity index (χ1) is 29.7. The van der Waals surface area contributed by atoms with E-state index in [4.69, 9.17) is 19.4 Å². The highest BCUT2D eigenvalue weighted by Crippen LogP contribution is 2.39. The van der Waals surface area contributed by atoms with Gasteiger partial charge in [0, 0.05) is 29.9 Å². The molecule has 0 bridgehead atoms. The van der Waals surface area contributed by atoms with E-state index in [9.17, 15) is 19.2 Å². The summed E-state index contributed by atoms with van der Waals surface area (Å²) in [5.41, 5.74) is 9.16. The van der Waals surface area contributed by atoms with Crippen LogP contribution in [0.3, 0.4) is 0 Å². The number of nitrogens with one attached hydrogen (secondary N) is 4. The molecule has 1 aliphatic carbocycles. The Bertz CT molecular complexity index is 2640. The first kappa shape index (κ1) is 39.5. The number of likely N-dealkylation sites (tertiary alicyclic amines) is 2. The molecule has 4 aromatic carbocycles. The lowest BCUT2D eigenvalue weighted by Gasteiger charge is -2.28. The van der Waals surface area contributed by atoms with Crippen LogP contribution in [0.4, 0.5) is 9.59 Å². The van der Waals surface area contributed by atoms with Crippen LogP contribution >= 0.6 is 0 Å². The minimum absolute atomic E-state index is 0.152. The summed E-state index contributed by atoms with van der Waals surface area (Å²) in [7, 11) is 2.57. The summed E-state index contributed by atoms with van der Waals surface area (Å²) in [4.78, 5) is 71.8. The van der Waals surface area contributed by atoms with Crippen LogP contribution < -0.4 is 10.6 Å². The van der Waals surface area contributed by atoms with Gasteiger partial charge in [-0.1, -0.05) is 72.8 Å².